The van der Waals surface area contributed by atoms with Crippen LogP contribution in [0, 0.1) is 10.1 Å². The maximum atomic E-state index is 10.4. The zero-order valence-corrected chi connectivity index (χ0v) is 9.98. The van der Waals surface area contributed by atoms with Gasteiger partial charge in [-0.15, -0.1) is 0 Å². The van der Waals surface area contributed by atoms with Crippen molar-refractivity contribution in [3.05, 3.63) is 34.3 Å². The Balaban J connectivity index is 1.83. The number of nitro groups is 1. The number of hydrogen-bond donors (Lipinski definition) is 1. The lowest BCUT2D eigenvalue weighted by molar-refractivity contribution is -0.380. The Morgan fingerprint density at radius 3 is 3.06 bits per heavy atom. The van der Waals surface area contributed by atoms with E-state index in [1.54, 1.807) is 4.68 Å². The Bertz CT molecular complexity index is 521. The largest absolute Gasteiger partial charge is 0.361 e. The molecule has 0 spiro atoms. The van der Waals surface area contributed by atoms with E-state index in [1.165, 1.54) is 6.20 Å². The van der Waals surface area contributed by atoms with Gasteiger partial charge in [0.25, 0.3) is 0 Å². The van der Waals surface area contributed by atoms with Gasteiger partial charge in [-0.1, -0.05) is 0 Å². The van der Waals surface area contributed by atoms with E-state index in [4.69, 9.17) is 0 Å². The normalized spacial score (nSPS) is 10.4. The number of nitrogens with one attached hydrogen (secondary N) is 1. The molecule has 2 aromatic rings. The fourth-order valence-corrected chi connectivity index (χ4v) is 1.98. The lowest BCUT2D eigenvalue weighted by Gasteiger charge is -1.98. The highest BCUT2D eigenvalue weighted by molar-refractivity contribution is 7.18. The van der Waals surface area contributed by atoms with E-state index >= 15 is 0 Å². The van der Waals surface area contributed by atoms with Crippen LogP contribution in [0.1, 0.15) is 5.69 Å². The quantitative estimate of drug-likeness (QED) is 0.643. The van der Waals surface area contributed by atoms with Crippen LogP contribution in [0.25, 0.3) is 0 Å². The third-order valence-electron chi connectivity index (χ3n) is 2.10. The van der Waals surface area contributed by atoms with E-state index in [0.717, 1.165) is 23.5 Å². The third kappa shape index (κ3) is 3.00. The molecule has 0 amide bonds. The zero-order chi connectivity index (χ0) is 12.3. The van der Waals surface area contributed by atoms with Crippen LogP contribution in [0.3, 0.4) is 0 Å². The number of aryl methyl sites for hydroxylation is 1. The molecule has 0 unspecified atom stereocenters. The van der Waals surface area contributed by atoms with Gasteiger partial charge in [-0.2, -0.15) is 5.10 Å². The fraction of sp³-hybridized carbons (Fsp3) is 0.333. The lowest BCUT2D eigenvalue weighted by atomic mass is 10.3. The summed E-state index contributed by atoms with van der Waals surface area (Å²) < 4.78 is 1.74. The maximum Gasteiger partial charge on any atom is 0.345 e. The molecule has 90 valence electrons. The van der Waals surface area contributed by atoms with Gasteiger partial charge in [0.1, 0.15) is 6.20 Å². The van der Waals surface area contributed by atoms with Crippen molar-refractivity contribution < 1.29 is 4.92 Å². The molecule has 2 heterocycles. The second-order valence-electron chi connectivity index (χ2n) is 3.42. The molecule has 0 aliphatic carbocycles. The summed E-state index contributed by atoms with van der Waals surface area (Å²) in [5.41, 5.74) is 0.978. The Labute approximate surface area is 101 Å². The van der Waals surface area contributed by atoms with Crippen molar-refractivity contribution in [1.29, 1.82) is 0 Å². The maximum absolute atomic E-state index is 10.4. The Kier molecular flexibility index (Phi) is 3.33. The molecule has 2 rings (SSSR count). The number of aromatic nitrogens is 3. The summed E-state index contributed by atoms with van der Waals surface area (Å²) >= 11 is 1.03. The summed E-state index contributed by atoms with van der Waals surface area (Å²) in [6, 6.07) is 1.94. The molecule has 8 heteroatoms. The van der Waals surface area contributed by atoms with Crippen LogP contribution in [-0.4, -0.2) is 26.2 Å². The summed E-state index contributed by atoms with van der Waals surface area (Å²) in [5, 5.41) is 18.3. The average Bonchev–Trinajstić information content (AvgIpc) is 2.88. The van der Waals surface area contributed by atoms with Crippen molar-refractivity contribution >= 4 is 21.5 Å². The predicted octanol–water partition coefficient (Wildman–Crippen LogP) is 1.44. The molecule has 1 N–H and O–H groups in total. The first-order chi connectivity index (χ1) is 8.15. The van der Waals surface area contributed by atoms with Crippen molar-refractivity contribution in [2.24, 2.45) is 7.05 Å². The zero-order valence-electron chi connectivity index (χ0n) is 9.16. The van der Waals surface area contributed by atoms with Crippen LogP contribution in [0.5, 0.6) is 0 Å². The lowest BCUT2D eigenvalue weighted by Crippen LogP contribution is -2.05. The molecule has 0 aliphatic heterocycles. The molecule has 0 aromatic carbocycles. The van der Waals surface area contributed by atoms with Crippen molar-refractivity contribution in [2.75, 3.05) is 11.9 Å². The van der Waals surface area contributed by atoms with Gasteiger partial charge < -0.3 is 5.32 Å². The molecule has 2 aromatic heterocycles. The molecule has 0 radical (unpaired) electrons. The highest BCUT2D eigenvalue weighted by Gasteiger charge is 2.10. The highest BCUT2D eigenvalue weighted by atomic mass is 32.1. The van der Waals surface area contributed by atoms with E-state index in [-0.39, 0.29) is 5.00 Å². The molecule has 0 atom stereocenters. The number of anilines is 1. The van der Waals surface area contributed by atoms with Crippen LogP contribution in [0.4, 0.5) is 10.1 Å². The van der Waals surface area contributed by atoms with Crippen molar-refractivity contribution in [3.63, 3.8) is 0 Å². The van der Waals surface area contributed by atoms with Gasteiger partial charge >= 0.3 is 5.00 Å². The molecule has 7 nitrogen and oxygen atoms in total. The molecule has 0 bridgehead atoms. The monoisotopic (exact) mass is 253 g/mol. The summed E-state index contributed by atoms with van der Waals surface area (Å²) in [6.45, 7) is 0.654. The summed E-state index contributed by atoms with van der Waals surface area (Å²) in [5.74, 6) is 0. The van der Waals surface area contributed by atoms with Gasteiger partial charge in [0.2, 0.25) is 0 Å². The molecular formula is C9H11N5O2S. The predicted molar refractivity (Wildman–Crippen MR) is 64.2 cm³/mol. The van der Waals surface area contributed by atoms with E-state index in [2.05, 4.69) is 15.4 Å². The first-order valence-corrected chi connectivity index (χ1v) is 5.79. The van der Waals surface area contributed by atoms with Gasteiger partial charge in [0, 0.05) is 26.2 Å². The summed E-state index contributed by atoms with van der Waals surface area (Å²) in [7, 11) is 1.86. The van der Waals surface area contributed by atoms with Crippen molar-refractivity contribution in [2.45, 2.75) is 6.42 Å². The van der Waals surface area contributed by atoms with Gasteiger partial charge in [-0.05, 0) is 17.4 Å². The molecule has 0 saturated heterocycles. The van der Waals surface area contributed by atoms with Crippen LogP contribution in [0.2, 0.25) is 0 Å². The minimum absolute atomic E-state index is 0.0466. The van der Waals surface area contributed by atoms with E-state index in [1.807, 2.05) is 19.3 Å². The number of hydrogen-bond acceptors (Lipinski definition) is 6. The van der Waals surface area contributed by atoms with Gasteiger partial charge in [0.15, 0.2) is 5.13 Å². The minimum Gasteiger partial charge on any atom is -0.361 e. The van der Waals surface area contributed by atoms with E-state index in [9.17, 15) is 10.1 Å². The first kappa shape index (κ1) is 11.5. The summed E-state index contributed by atoms with van der Waals surface area (Å²) in [6.07, 6.45) is 3.89. The van der Waals surface area contributed by atoms with Gasteiger partial charge in [-0.25, -0.2) is 4.98 Å². The molecule has 17 heavy (non-hydrogen) atoms. The van der Waals surface area contributed by atoms with E-state index in [0.29, 0.717) is 11.7 Å². The smallest absolute Gasteiger partial charge is 0.345 e. The third-order valence-corrected chi connectivity index (χ3v) is 3.01. The Morgan fingerprint density at radius 1 is 1.65 bits per heavy atom. The van der Waals surface area contributed by atoms with Crippen LogP contribution in [-0.2, 0) is 13.5 Å². The number of rotatable bonds is 5. The van der Waals surface area contributed by atoms with Crippen LogP contribution < -0.4 is 5.32 Å². The minimum atomic E-state index is -0.443. The van der Waals surface area contributed by atoms with Gasteiger partial charge in [0.05, 0.1) is 10.6 Å². The highest BCUT2D eigenvalue weighted by Crippen LogP contribution is 2.24. The van der Waals surface area contributed by atoms with E-state index < -0.39 is 4.92 Å². The SMILES string of the molecule is Cn1ccc(CCNc2ncc([N+](=O)[O-])s2)n1. The van der Waals surface area contributed by atoms with Crippen LogP contribution >= 0.6 is 11.3 Å². The first-order valence-electron chi connectivity index (χ1n) is 4.98. The van der Waals surface area contributed by atoms with Crippen LogP contribution in [0.15, 0.2) is 18.5 Å². The average molecular weight is 253 g/mol. The topological polar surface area (TPSA) is 85.9 Å². The Morgan fingerprint density at radius 2 is 2.47 bits per heavy atom. The fourth-order valence-electron chi connectivity index (χ4n) is 1.33. The Hall–Kier alpha value is -1.96. The van der Waals surface area contributed by atoms with Crippen molar-refractivity contribution in [1.82, 2.24) is 14.8 Å². The van der Waals surface area contributed by atoms with Gasteiger partial charge in [-0.3, -0.25) is 14.8 Å². The number of thiazole rings is 1. The standard InChI is InChI=1S/C9H11N5O2S/c1-13-5-3-7(12-13)2-4-10-9-11-6-8(17-9)14(15)16/h3,5-6H,2,4H2,1H3,(H,10,11). The second kappa shape index (κ2) is 4.91. The summed E-state index contributed by atoms with van der Waals surface area (Å²) in [4.78, 5) is 13.9. The molecular weight excluding hydrogens is 242 g/mol. The molecule has 0 saturated carbocycles. The second-order valence-corrected chi connectivity index (χ2v) is 4.43. The van der Waals surface area contributed by atoms with Crippen molar-refractivity contribution in [3.8, 4) is 0 Å². The molecule has 0 fully saturated rings. The molecule has 0 aliphatic rings. The number of nitrogens with zero attached hydrogens (tertiary/aromatic N) is 4.